The van der Waals surface area contributed by atoms with Gasteiger partial charge in [0.25, 0.3) is 0 Å². The second-order valence-electron chi connectivity index (χ2n) is 6.27. The minimum Gasteiger partial charge on any atom is -0.372 e. The van der Waals surface area contributed by atoms with Crippen molar-refractivity contribution in [2.75, 3.05) is 29.9 Å². The molecule has 0 radical (unpaired) electrons. The quantitative estimate of drug-likeness (QED) is 0.739. The van der Waals surface area contributed by atoms with Crippen molar-refractivity contribution >= 4 is 34.8 Å². The molecule has 2 rings (SSSR count). The molecule has 0 saturated carbocycles. The molecule has 0 heterocycles. The maximum Gasteiger partial charge on any atom is 0.244 e. The van der Waals surface area contributed by atoms with Crippen LogP contribution in [-0.4, -0.2) is 36.3 Å². The summed E-state index contributed by atoms with van der Waals surface area (Å²) >= 11 is 5.89. The zero-order valence-corrected chi connectivity index (χ0v) is 16.8. The van der Waals surface area contributed by atoms with Crippen molar-refractivity contribution in [1.29, 1.82) is 0 Å². The van der Waals surface area contributed by atoms with Gasteiger partial charge in [0, 0.05) is 43.0 Å². The van der Waals surface area contributed by atoms with Crippen molar-refractivity contribution in [3.05, 3.63) is 59.1 Å². The molecule has 2 amide bonds. The molecule has 6 heteroatoms. The molecule has 0 aliphatic rings. The van der Waals surface area contributed by atoms with Gasteiger partial charge in [0.1, 0.15) is 6.54 Å². The summed E-state index contributed by atoms with van der Waals surface area (Å²) < 4.78 is 0. The Bertz CT molecular complexity index is 756. The van der Waals surface area contributed by atoms with Crippen molar-refractivity contribution in [2.45, 2.75) is 27.3 Å². The lowest BCUT2D eigenvalue weighted by atomic mass is 10.2. The molecule has 0 aliphatic heterocycles. The lowest BCUT2D eigenvalue weighted by molar-refractivity contribution is -0.133. The Morgan fingerprint density at radius 1 is 0.963 bits per heavy atom. The molecule has 2 aromatic rings. The number of carbonyl (C=O) groups is 2. The van der Waals surface area contributed by atoms with E-state index >= 15 is 0 Å². The number of anilines is 2. The summed E-state index contributed by atoms with van der Waals surface area (Å²) in [5.41, 5.74) is 2.75. The highest BCUT2D eigenvalue weighted by Gasteiger charge is 2.14. The number of nitrogens with zero attached hydrogens (tertiary/aromatic N) is 2. The zero-order valence-electron chi connectivity index (χ0n) is 16.0. The lowest BCUT2D eigenvalue weighted by Gasteiger charge is -2.22. The van der Waals surface area contributed by atoms with Gasteiger partial charge in [0.15, 0.2) is 0 Å². The van der Waals surface area contributed by atoms with E-state index in [9.17, 15) is 9.59 Å². The van der Waals surface area contributed by atoms with Gasteiger partial charge in [-0.3, -0.25) is 9.59 Å². The fourth-order valence-electron chi connectivity index (χ4n) is 2.81. The fraction of sp³-hybridized carbons (Fsp3) is 0.333. The van der Waals surface area contributed by atoms with Gasteiger partial charge in [-0.1, -0.05) is 23.7 Å². The molecular weight excluding hydrogens is 362 g/mol. The van der Waals surface area contributed by atoms with Crippen LogP contribution >= 0.6 is 11.6 Å². The van der Waals surface area contributed by atoms with Gasteiger partial charge < -0.3 is 15.1 Å². The third-order valence-electron chi connectivity index (χ3n) is 4.35. The van der Waals surface area contributed by atoms with Crippen molar-refractivity contribution in [1.82, 2.24) is 4.90 Å². The number of nitrogens with one attached hydrogen (secondary N) is 1. The van der Waals surface area contributed by atoms with Gasteiger partial charge in [0.2, 0.25) is 11.8 Å². The molecule has 0 spiro atoms. The lowest BCUT2D eigenvalue weighted by Crippen LogP contribution is -2.36. The van der Waals surface area contributed by atoms with Gasteiger partial charge in [-0.05, 0) is 55.8 Å². The summed E-state index contributed by atoms with van der Waals surface area (Å²) in [4.78, 5) is 28.0. The molecule has 0 aromatic heterocycles. The smallest absolute Gasteiger partial charge is 0.244 e. The van der Waals surface area contributed by atoms with Crippen LogP contribution in [0.3, 0.4) is 0 Å². The summed E-state index contributed by atoms with van der Waals surface area (Å²) in [6, 6.07) is 15.0. The average Bonchev–Trinajstić information content (AvgIpc) is 2.65. The standard InChI is InChI=1S/C21H26ClN3O2/c1-4-24(5-2)20-12-10-19(11-13-20)23-21(27)15-25(16(3)26)14-17-6-8-18(22)9-7-17/h6-13H,4-5,14-15H2,1-3H3,(H,23,27). The van der Waals surface area contributed by atoms with Crippen molar-refractivity contribution in [3.63, 3.8) is 0 Å². The monoisotopic (exact) mass is 387 g/mol. The minimum atomic E-state index is -0.227. The Labute approximate surface area is 165 Å². The van der Waals surface area contributed by atoms with Crippen LogP contribution in [0.15, 0.2) is 48.5 Å². The summed E-state index contributed by atoms with van der Waals surface area (Å²) in [5, 5.41) is 3.49. The van der Waals surface area contributed by atoms with E-state index in [1.54, 1.807) is 12.1 Å². The maximum absolute atomic E-state index is 12.4. The highest BCUT2D eigenvalue weighted by molar-refractivity contribution is 6.30. The summed E-state index contributed by atoms with van der Waals surface area (Å²) in [6.07, 6.45) is 0. The second kappa shape index (κ2) is 9.97. The van der Waals surface area contributed by atoms with Crippen LogP contribution in [0.25, 0.3) is 0 Å². The molecule has 0 saturated heterocycles. The molecule has 5 nitrogen and oxygen atoms in total. The van der Waals surface area contributed by atoms with E-state index in [-0.39, 0.29) is 18.4 Å². The first-order chi connectivity index (χ1) is 12.9. The van der Waals surface area contributed by atoms with Crippen LogP contribution in [-0.2, 0) is 16.1 Å². The molecule has 0 aliphatic carbocycles. The number of amides is 2. The molecule has 2 aromatic carbocycles. The zero-order chi connectivity index (χ0) is 19.8. The first-order valence-electron chi connectivity index (χ1n) is 9.07. The predicted octanol–water partition coefficient (Wildman–Crippen LogP) is 4.17. The fourth-order valence-corrected chi connectivity index (χ4v) is 2.93. The summed E-state index contributed by atoms with van der Waals surface area (Å²) in [7, 11) is 0. The van der Waals surface area contributed by atoms with Gasteiger partial charge in [-0.2, -0.15) is 0 Å². The first kappa shape index (κ1) is 20.8. The molecule has 0 unspecified atom stereocenters. The molecule has 0 bridgehead atoms. The van der Waals surface area contributed by atoms with E-state index in [4.69, 9.17) is 11.6 Å². The van der Waals surface area contributed by atoms with Crippen LogP contribution in [0.5, 0.6) is 0 Å². The third kappa shape index (κ3) is 6.29. The van der Waals surface area contributed by atoms with Gasteiger partial charge in [-0.25, -0.2) is 0 Å². The Morgan fingerprint density at radius 3 is 2.07 bits per heavy atom. The summed E-state index contributed by atoms with van der Waals surface area (Å²) in [6.45, 7) is 7.89. The Hall–Kier alpha value is -2.53. The number of benzene rings is 2. The van der Waals surface area contributed by atoms with Gasteiger partial charge in [-0.15, -0.1) is 0 Å². The highest BCUT2D eigenvalue weighted by Crippen LogP contribution is 2.18. The normalized spacial score (nSPS) is 10.4. The van der Waals surface area contributed by atoms with Crippen molar-refractivity contribution < 1.29 is 9.59 Å². The van der Waals surface area contributed by atoms with Crippen LogP contribution < -0.4 is 10.2 Å². The van der Waals surface area contributed by atoms with Crippen LogP contribution in [0, 0.1) is 0 Å². The van der Waals surface area contributed by atoms with Crippen molar-refractivity contribution in [2.24, 2.45) is 0 Å². The van der Waals surface area contributed by atoms with Crippen LogP contribution in [0.1, 0.15) is 26.3 Å². The predicted molar refractivity (Wildman–Crippen MR) is 111 cm³/mol. The number of halogens is 1. The molecule has 0 atom stereocenters. The molecule has 27 heavy (non-hydrogen) atoms. The van der Waals surface area contributed by atoms with E-state index in [2.05, 4.69) is 24.1 Å². The Kier molecular flexibility index (Phi) is 7.67. The Morgan fingerprint density at radius 2 is 1.56 bits per heavy atom. The van der Waals surface area contributed by atoms with Gasteiger partial charge in [0.05, 0.1) is 0 Å². The molecule has 0 fully saturated rings. The van der Waals surface area contributed by atoms with E-state index in [0.29, 0.717) is 17.3 Å². The van der Waals surface area contributed by atoms with Crippen LogP contribution in [0.4, 0.5) is 11.4 Å². The second-order valence-corrected chi connectivity index (χ2v) is 6.71. The summed E-state index contributed by atoms with van der Waals surface area (Å²) in [5.74, 6) is -0.383. The topological polar surface area (TPSA) is 52.7 Å². The number of carbonyl (C=O) groups excluding carboxylic acids is 2. The molecule has 1 N–H and O–H groups in total. The van der Waals surface area contributed by atoms with Crippen LogP contribution in [0.2, 0.25) is 5.02 Å². The first-order valence-corrected chi connectivity index (χ1v) is 9.45. The molecule has 144 valence electrons. The molecular formula is C21H26ClN3O2. The van der Waals surface area contributed by atoms with E-state index in [1.165, 1.54) is 11.8 Å². The number of rotatable bonds is 8. The van der Waals surface area contributed by atoms with Crippen molar-refractivity contribution in [3.8, 4) is 0 Å². The minimum absolute atomic E-state index is 0.00421. The average molecular weight is 388 g/mol. The Balaban J connectivity index is 1.97. The van der Waals surface area contributed by atoms with E-state index < -0.39 is 0 Å². The largest absolute Gasteiger partial charge is 0.372 e. The number of hydrogen-bond donors (Lipinski definition) is 1. The maximum atomic E-state index is 12.4. The third-order valence-corrected chi connectivity index (χ3v) is 4.60. The highest BCUT2D eigenvalue weighted by atomic mass is 35.5. The van der Waals surface area contributed by atoms with Gasteiger partial charge >= 0.3 is 0 Å². The SMILES string of the molecule is CCN(CC)c1ccc(NC(=O)CN(Cc2ccc(Cl)cc2)C(C)=O)cc1. The van der Waals surface area contributed by atoms with E-state index in [0.717, 1.165) is 24.3 Å². The van der Waals surface area contributed by atoms with E-state index in [1.807, 2.05) is 36.4 Å². The number of hydrogen-bond acceptors (Lipinski definition) is 3.